The molecule has 0 aliphatic carbocycles. The Morgan fingerprint density at radius 1 is 0.905 bits per heavy atom. The van der Waals surface area contributed by atoms with E-state index in [1.807, 2.05) is 36.4 Å². The van der Waals surface area contributed by atoms with Crippen LogP contribution in [0.25, 0.3) is 0 Å². The fourth-order valence-corrected chi connectivity index (χ4v) is 2.03. The monoisotopic (exact) mass is 288 g/mol. The Morgan fingerprint density at radius 2 is 1.33 bits per heavy atom. The molecule has 2 aromatic rings. The molecule has 112 valence electrons. The highest BCUT2D eigenvalue weighted by atomic mass is 16.7. The minimum Gasteiger partial charge on any atom is -0.450 e. The second-order valence-electron chi connectivity index (χ2n) is 4.79. The van der Waals surface area contributed by atoms with E-state index >= 15 is 0 Å². The number of benzene rings is 2. The Balaban J connectivity index is 2.28. The largest absolute Gasteiger partial charge is 0.450 e. The molecule has 0 aliphatic rings. The van der Waals surface area contributed by atoms with Gasteiger partial charge in [-0.1, -0.05) is 36.4 Å². The van der Waals surface area contributed by atoms with Crippen LogP contribution in [0.5, 0.6) is 11.5 Å². The van der Waals surface area contributed by atoms with Gasteiger partial charge < -0.3 is 19.7 Å². The summed E-state index contributed by atoms with van der Waals surface area (Å²) in [6.45, 7) is 1.42. The lowest BCUT2D eigenvalue weighted by molar-refractivity contribution is -0.189. The maximum Gasteiger partial charge on any atom is 0.278 e. The number of hydrogen-bond donors (Lipinski definition) is 2. The molecule has 0 aromatic heterocycles. The molecule has 0 bridgehead atoms. The van der Waals surface area contributed by atoms with Crippen molar-refractivity contribution >= 4 is 0 Å². The number of para-hydroxylation sites is 2. The van der Waals surface area contributed by atoms with Crippen LogP contribution in [0.1, 0.15) is 13.3 Å². The van der Waals surface area contributed by atoms with Crippen molar-refractivity contribution in [2.75, 3.05) is 6.61 Å². The summed E-state index contributed by atoms with van der Waals surface area (Å²) in [4.78, 5) is 0. The molecule has 4 heteroatoms. The maximum atomic E-state index is 10.2. The van der Waals surface area contributed by atoms with Gasteiger partial charge in [0.05, 0.1) is 13.0 Å². The van der Waals surface area contributed by atoms with Crippen LogP contribution in [0, 0.1) is 0 Å². The molecular formula is C17H20O4. The molecule has 0 saturated carbocycles. The zero-order valence-corrected chi connectivity index (χ0v) is 12.0. The van der Waals surface area contributed by atoms with Crippen LogP contribution in [0.4, 0.5) is 0 Å². The van der Waals surface area contributed by atoms with E-state index in [1.54, 1.807) is 31.2 Å². The van der Waals surface area contributed by atoms with Gasteiger partial charge in [0, 0.05) is 0 Å². The zero-order chi connectivity index (χ0) is 15.1. The van der Waals surface area contributed by atoms with Gasteiger partial charge in [-0.15, -0.1) is 0 Å². The Bertz CT molecular complexity index is 484. The van der Waals surface area contributed by atoms with E-state index in [4.69, 9.17) is 9.47 Å². The van der Waals surface area contributed by atoms with Gasteiger partial charge in [0.25, 0.3) is 5.79 Å². The molecule has 21 heavy (non-hydrogen) atoms. The number of ether oxygens (including phenoxy) is 2. The van der Waals surface area contributed by atoms with Crippen molar-refractivity contribution in [1.29, 1.82) is 0 Å². The van der Waals surface area contributed by atoms with Gasteiger partial charge in [0.15, 0.2) is 0 Å². The van der Waals surface area contributed by atoms with Gasteiger partial charge in [0.1, 0.15) is 17.6 Å². The van der Waals surface area contributed by atoms with Crippen molar-refractivity contribution < 1.29 is 19.7 Å². The normalized spacial score (nSPS) is 12.7. The third-order valence-electron chi connectivity index (χ3n) is 3.16. The summed E-state index contributed by atoms with van der Waals surface area (Å²) in [5.74, 6) is -0.192. The predicted octanol–water partition coefficient (Wildman–Crippen LogP) is 2.60. The molecule has 0 amide bonds. The first-order valence-electron chi connectivity index (χ1n) is 6.93. The molecule has 0 saturated heterocycles. The van der Waals surface area contributed by atoms with Crippen LogP contribution in [0.2, 0.25) is 0 Å². The standard InChI is InChI=1S/C17H20O4/c1-14(19)17(12-13-18,20-15-8-4-2-5-9-15)21-16-10-6-3-7-11-16/h2-11,14,18-19H,12-13H2,1H3. The highest BCUT2D eigenvalue weighted by Gasteiger charge is 2.40. The van der Waals surface area contributed by atoms with E-state index in [2.05, 4.69) is 0 Å². The van der Waals surface area contributed by atoms with Crippen LogP contribution in [-0.4, -0.2) is 28.7 Å². The smallest absolute Gasteiger partial charge is 0.278 e. The third-order valence-corrected chi connectivity index (χ3v) is 3.16. The molecule has 2 N–H and O–H groups in total. The summed E-state index contributed by atoms with van der Waals surface area (Å²) in [6.07, 6.45) is -0.779. The summed E-state index contributed by atoms with van der Waals surface area (Å²) >= 11 is 0. The van der Waals surface area contributed by atoms with Crippen molar-refractivity contribution in [2.24, 2.45) is 0 Å². The number of aliphatic hydroxyl groups excluding tert-OH is 2. The van der Waals surface area contributed by atoms with Gasteiger partial charge in [0.2, 0.25) is 0 Å². The topological polar surface area (TPSA) is 58.9 Å². The van der Waals surface area contributed by atoms with Gasteiger partial charge >= 0.3 is 0 Å². The zero-order valence-electron chi connectivity index (χ0n) is 12.0. The Hall–Kier alpha value is -2.04. The van der Waals surface area contributed by atoms with Gasteiger partial charge in [-0.05, 0) is 31.2 Å². The Kier molecular flexibility index (Phi) is 5.20. The lowest BCUT2D eigenvalue weighted by Crippen LogP contribution is -2.52. The highest BCUT2D eigenvalue weighted by Crippen LogP contribution is 2.28. The summed E-state index contributed by atoms with van der Waals surface area (Å²) in [5, 5.41) is 19.5. The molecule has 0 spiro atoms. The van der Waals surface area contributed by atoms with Crippen molar-refractivity contribution in [3.63, 3.8) is 0 Å². The first kappa shape index (κ1) is 15.4. The third kappa shape index (κ3) is 3.97. The summed E-state index contributed by atoms with van der Waals surface area (Å²) in [7, 11) is 0. The number of hydrogen-bond acceptors (Lipinski definition) is 4. The molecule has 1 atom stereocenters. The second kappa shape index (κ2) is 7.11. The van der Waals surface area contributed by atoms with E-state index in [0.717, 1.165) is 0 Å². The second-order valence-corrected chi connectivity index (χ2v) is 4.79. The van der Waals surface area contributed by atoms with Crippen molar-refractivity contribution in [3.8, 4) is 11.5 Å². The van der Waals surface area contributed by atoms with E-state index in [0.29, 0.717) is 11.5 Å². The molecule has 4 nitrogen and oxygen atoms in total. The molecule has 0 fully saturated rings. The van der Waals surface area contributed by atoms with Crippen molar-refractivity contribution in [1.82, 2.24) is 0 Å². The van der Waals surface area contributed by atoms with Crippen molar-refractivity contribution in [2.45, 2.75) is 25.2 Å². The fourth-order valence-electron chi connectivity index (χ4n) is 2.03. The average Bonchev–Trinajstić information content (AvgIpc) is 2.49. The van der Waals surface area contributed by atoms with Gasteiger partial charge in [-0.2, -0.15) is 0 Å². The predicted molar refractivity (Wildman–Crippen MR) is 80.3 cm³/mol. The lowest BCUT2D eigenvalue weighted by Gasteiger charge is -2.36. The van der Waals surface area contributed by atoms with E-state index in [-0.39, 0.29) is 13.0 Å². The van der Waals surface area contributed by atoms with E-state index in [1.165, 1.54) is 0 Å². The van der Waals surface area contributed by atoms with Crippen LogP contribution < -0.4 is 9.47 Å². The maximum absolute atomic E-state index is 10.2. The number of rotatable bonds is 7. The molecule has 0 aliphatic heterocycles. The highest BCUT2D eigenvalue weighted by molar-refractivity contribution is 5.24. The SMILES string of the molecule is CC(O)C(CCO)(Oc1ccccc1)Oc1ccccc1. The van der Waals surface area contributed by atoms with Crippen LogP contribution in [0.15, 0.2) is 60.7 Å². The van der Waals surface area contributed by atoms with Crippen LogP contribution >= 0.6 is 0 Å². The molecule has 0 radical (unpaired) electrons. The van der Waals surface area contributed by atoms with Crippen LogP contribution in [-0.2, 0) is 0 Å². The van der Waals surface area contributed by atoms with Gasteiger partial charge in [-0.3, -0.25) is 0 Å². The van der Waals surface area contributed by atoms with E-state index in [9.17, 15) is 10.2 Å². The molecule has 2 aromatic carbocycles. The van der Waals surface area contributed by atoms with Crippen LogP contribution in [0.3, 0.4) is 0 Å². The summed E-state index contributed by atoms with van der Waals surface area (Å²) < 4.78 is 11.8. The summed E-state index contributed by atoms with van der Waals surface area (Å²) in [6, 6.07) is 18.2. The average molecular weight is 288 g/mol. The van der Waals surface area contributed by atoms with Crippen molar-refractivity contribution in [3.05, 3.63) is 60.7 Å². The molecule has 0 heterocycles. The fraction of sp³-hybridized carbons (Fsp3) is 0.294. The minimum atomic E-state index is -1.34. The first-order valence-corrected chi connectivity index (χ1v) is 6.93. The quantitative estimate of drug-likeness (QED) is 0.769. The first-order chi connectivity index (χ1) is 10.2. The van der Waals surface area contributed by atoms with Gasteiger partial charge in [-0.25, -0.2) is 0 Å². The molecule has 1 unspecified atom stereocenters. The Labute approximate surface area is 124 Å². The summed E-state index contributed by atoms with van der Waals surface area (Å²) in [5.41, 5.74) is 0. The molecular weight excluding hydrogens is 268 g/mol. The molecule has 2 rings (SSSR count). The lowest BCUT2D eigenvalue weighted by atomic mass is 10.1. The minimum absolute atomic E-state index is 0.147. The van der Waals surface area contributed by atoms with E-state index < -0.39 is 11.9 Å². The number of aliphatic hydroxyl groups is 2. The Morgan fingerprint density at radius 3 is 1.67 bits per heavy atom.